The summed E-state index contributed by atoms with van der Waals surface area (Å²) < 4.78 is 4.29. The third kappa shape index (κ3) is 6.28. The van der Waals surface area contributed by atoms with E-state index in [9.17, 15) is 0 Å². The van der Waals surface area contributed by atoms with Gasteiger partial charge in [0.05, 0.1) is 24.5 Å². The molecule has 2 aromatic carbocycles. The first-order chi connectivity index (χ1) is 18.7. The van der Waals surface area contributed by atoms with Crippen LogP contribution in [0, 0.1) is 0 Å². The van der Waals surface area contributed by atoms with Gasteiger partial charge in [-0.3, -0.25) is 9.36 Å². The van der Waals surface area contributed by atoms with Crippen LogP contribution in [0.3, 0.4) is 0 Å². The molecule has 0 amide bonds. The molecule has 0 atom stereocenters. The minimum atomic E-state index is 0.768. The fourth-order valence-electron chi connectivity index (χ4n) is 4.79. The maximum atomic E-state index is 5.05. The van der Waals surface area contributed by atoms with Crippen molar-refractivity contribution in [3.8, 4) is 22.8 Å². The van der Waals surface area contributed by atoms with E-state index in [4.69, 9.17) is 15.2 Å². The summed E-state index contributed by atoms with van der Waals surface area (Å²) in [5.74, 6) is 0. The highest BCUT2D eigenvalue weighted by Gasteiger charge is 2.15. The highest BCUT2D eigenvalue weighted by molar-refractivity contribution is 5.62. The molecule has 3 heterocycles. The predicted octanol–water partition coefficient (Wildman–Crippen LogP) is 7.59. The van der Waals surface area contributed by atoms with E-state index in [-0.39, 0.29) is 0 Å². The van der Waals surface area contributed by atoms with E-state index in [2.05, 4.69) is 114 Å². The second-order valence-corrected chi connectivity index (χ2v) is 9.94. The van der Waals surface area contributed by atoms with Crippen LogP contribution in [-0.4, -0.2) is 24.5 Å². The highest BCUT2D eigenvalue weighted by Crippen LogP contribution is 2.25. The molecule has 5 aromatic rings. The number of aryl methyl sites for hydroxylation is 2. The van der Waals surface area contributed by atoms with Gasteiger partial charge in [-0.1, -0.05) is 93.4 Å². The van der Waals surface area contributed by atoms with E-state index in [1.54, 1.807) is 0 Å². The summed E-state index contributed by atoms with van der Waals surface area (Å²) in [6.07, 6.45) is 6.64. The Labute approximate surface area is 226 Å². The summed E-state index contributed by atoms with van der Waals surface area (Å²) in [4.78, 5) is 5.05. The highest BCUT2D eigenvalue weighted by atomic mass is 15.3. The zero-order valence-electron chi connectivity index (χ0n) is 22.6. The Balaban J connectivity index is 1.45. The lowest BCUT2D eigenvalue weighted by Crippen LogP contribution is -2.06. The van der Waals surface area contributed by atoms with Gasteiger partial charge in [0.25, 0.3) is 0 Å². The van der Waals surface area contributed by atoms with E-state index in [1.807, 2.05) is 0 Å². The summed E-state index contributed by atoms with van der Waals surface area (Å²) in [5.41, 5.74) is 8.64. The summed E-state index contributed by atoms with van der Waals surface area (Å²) in [6.45, 7) is 6.00. The van der Waals surface area contributed by atoms with Crippen LogP contribution in [0.1, 0.15) is 62.0 Å². The van der Waals surface area contributed by atoms with Gasteiger partial charge in [0.15, 0.2) is 0 Å². The minimum absolute atomic E-state index is 0.768. The Kier molecular flexibility index (Phi) is 8.44. The molecule has 0 bridgehead atoms. The van der Waals surface area contributed by atoms with Gasteiger partial charge in [-0.05, 0) is 61.1 Å². The summed E-state index contributed by atoms with van der Waals surface area (Å²) >= 11 is 0. The molecule has 0 saturated heterocycles. The van der Waals surface area contributed by atoms with Crippen molar-refractivity contribution >= 4 is 0 Å². The number of pyridine rings is 1. The summed E-state index contributed by atoms with van der Waals surface area (Å²) in [7, 11) is 0. The molecule has 38 heavy (non-hydrogen) atoms. The van der Waals surface area contributed by atoms with Crippen LogP contribution in [0.5, 0.6) is 0 Å². The topological polar surface area (TPSA) is 48.5 Å². The SMILES string of the molecule is CCCCc1cc(-c2cccc(-c3cc(CCCC)n(Cc4ccccc4)n3)n2)nn1Cc1ccccc1. The molecule has 0 aliphatic rings. The lowest BCUT2D eigenvalue weighted by Gasteiger charge is -2.07. The summed E-state index contributed by atoms with van der Waals surface area (Å²) in [6, 6.07) is 31.7. The van der Waals surface area contributed by atoms with Gasteiger partial charge in [0, 0.05) is 11.4 Å². The van der Waals surface area contributed by atoms with E-state index in [0.717, 1.165) is 74.4 Å². The predicted molar refractivity (Wildman–Crippen MR) is 155 cm³/mol. The first-order valence-electron chi connectivity index (χ1n) is 13.9. The Morgan fingerprint density at radius 2 is 0.974 bits per heavy atom. The Bertz CT molecular complexity index is 1330. The number of nitrogens with zero attached hydrogens (tertiary/aromatic N) is 5. The third-order valence-electron chi connectivity index (χ3n) is 6.92. The monoisotopic (exact) mass is 503 g/mol. The van der Waals surface area contributed by atoms with Crippen LogP contribution in [0.2, 0.25) is 0 Å². The van der Waals surface area contributed by atoms with Crippen molar-refractivity contribution in [3.05, 3.63) is 114 Å². The smallest absolute Gasteiger partial charge is 0.111 e. The van der Waals surface area contributed by atoms with E-state index < -0.39 is 0 Å². The molecule has 0 aliphatic heterocycles. The molecule has 0 saturated carbocycles. The molecule has 194 valence electrons. The molecule has 3 aromatic heterocycles. The largest absolute Gasteiger partial charge is 0.264 e. The lowest BCUT2D eigenvalue weighted by atomic mass is 10.1. The van der Waals surface area contributed by atoms with Crippen molar-refractivity contribution in [1.29, 1.82) is 0 Å². The molecule has 0 radical (unpaired) electrons. The quantitative estimate of drug-likeness (QED) is 0.176. The molecular weight excluding hydrogens is 466 g/mol. The van der Waals surface area contributed by atoms with E-state index >= 15 is 0 Å². The van der Waals surface area contributed by atoms with Crippen LogP contribution >= 0.6 is 0 Å². The van der Waals surface area contributed by atoms with Crippen LogP contribution in [0.25, 0.3) is 22.8 Å². The number of unbranched alkanes of at least 4 members (excludes halogenated alkanes) is 2. The molecule has 0 N–H and O–H groups in total. The maximum Gasteiger partial charge on any atom is 0.111 e. The van der Waals surface area contributed by atoms with Crippen LogP contribution < -0.4 is 0 Å². The second-order valence-electron chi connectivity index (χ2n) is 9.94. The van der Waals surface area contributed by atoms with Crippen molar-refractivity contribution < 1.29 is 0 Å². The van der Waals surface area contributed by atoms with Crippen molar-refractivity contribution in [2.75, 3.05) is 0 Å². The Hall–Kier alpha value is -3.99. The Morgan fingerprint density at radius 1 is 0.526 bits per heavy atom. The fraction of sp³-hybridized carbons (Fsp3) is 0.303. The zero-order valence-corrected chi connectivity index (χ0v) is 22.6. The molecule has 5 rings (SSSR count). The van der Waals surface area contributed by atoms with Gasteiger partial charge in [-0.25, -0.2) is 4.98 Å². The molecule has 5 heteroatoms. The van der Waals surface area contributed by atoms with Crippen molar-refractivity contribution in [2.24, 2.45) is 0 Å². The third-order valence-corrected chi connectivity index (χ3v) is 6.92. The van der Waals surface area contributed by atoms with Crippen molar-refractivity contribution in [3.63, 3.8) is 0 Å². The fourth-order valence-corrected chi connectivity index (χ4v) is 4.79. The molecule has 5 nitrogen and oxygen atoms in total. The van der Waals surface area contributed by atoms with Crippen LogP contribution in [0.15, 0.2) is 91.0 Å². The van der Waals surface area contributed by atoms with Gasteiger partial charge in [0.2, 0.25) is 0 Å². The van der Waals surface area contributed by atoms with E-state index in [0.29, 0.717) is 0 Å². The summed E-state index contributed by atoms with van der Waals surface area (Å²) in [5, 5.41) is 10.0. The zero-order chi connectivity index (χ0) is 26.2. The van der Waals surface area contributed by atoms with Gasteiger partial charge >= 0.3 is 0 Å². The van der Waals surface area contributed by atoms with E-state index in [1.165, 1.54) is 22.5 Å². The van der Waals surface area contributed by atoms with Gasteiger partial charge in [0.1, 0.15) is 11.4 Å². The molecule has 0 unspecified atom stereocenters. The molecule has 0 aliphatic carbocycles. The first-order valence-corrected chi connectivity index (χ1v) is 13.9. The average molecular weight is 504 g/mol. The number of hydrogen-bond donors (Lipinski definition) is 0. The number of benzene rings is 2. The number of hydrogen-bond acceptors (Lipinski definition) is 3. The first kappa shape index (κ1) is 25.7. The molecule has 0 spiro atoms. The standard InChI is InChI=1S/C33H37N5/c1-3-5-18-28-22-32(35-37(28)24-26-14-9-7-10-15-26)30-20-13-21-31(34-30)33-23-29(19-6-4-2)38(36-33)25-27-16-11-8-12-17-27/h7-17,20-23H,3-6,18-19,24-25H2,1-2H3. The van der Waals surface area contributed by atoms with Crippen molar-refractivity contribution in [1.82, 2.24) is 24.5 Å². The second kappa shape index (κ2) is 12.5. The van der Waals surface area contributed by atoms with Crippen LogP contribution in [0.4, 0.5) is 0 Å². The average Bonchev–Trinajstić information content (AvgIpc) is 3.55. The number of aromatic nitrogens is 5. The van der Waals surface area contributed by atoms with Gasteiger partial charge in [-0.2, -0.15) is 10.2 Å². The van der Waals surface area contributed by atoms with Gasteiger partial charge < -0.3 is 0 Å². The van der Waals surface area contributed by atoms with Crippen molar-refractivity contribution in [2.45, 2.75) is 65.5 Å². The molecule has 0 fully saturated rings. The Morgan fingerprint density at radius 3 is 1.39 bits per heavy atom. The normalized spacial score (nSPS) is 11.2. The van der Waals surface area contributed by atoms with Gasteiger partial charge in [-0.15, -0.1) is 0 Å². The minimum Gasteiger partial charge on any atom is -0.264 e. The number of rotatable bonds is 12. The maximum absolute atomic E-state index is 5.05. The lowest BCUT2D eigenvalue weighted by molar-refractivity contribution is 0.627. The van der Waals surface area contributed by atoms with Crippen LogP contribution in [-0.2, 0) is 25.9 Å². The molecular formula is C33H37N5.